The molecule has 0 unspecified atom stereocenters. The first-order valence-electron chi connectivity index (χ1n) is 8.48. The maximum atomic E-state index is 12.6. The number of aromatic nitrogens is 1. The highest BCUT2D eigenvalue weighted by Crippen LogP contribution is 2.40. The Bertz CT molecular complexity index is 812. The van der Waals surface area contributed by atoms with Crippen LogP contribution in [0.3, 0.4) is 0 Å². The first-order chi connectivity index (χ1) is 12.1. The smallest absolute Gasteiger partial charge is 0.277 e. The molecule has 2 aromatic rings. The van der Waals surface area contributed by atoms with E-state index in [2.05, 4.69) is 15.4 Å². The number of hydrogen-bond acceptors (Lipinski definition) is 5. The minimum atomic E-state index is -0.104. The molecule has 7 heteroatoms. The molecule has 1 saturated heterocycles. The van der Waals surface area contributed by atoms with Crippen LogP contribution in [0, 0.1) is 0 Å². The zero-order chi connectivity index (χ0) is 17.4. The minimum absolute atomic E-state index is 0.101. The zero-order valence-corrected chi connectivity index (χ0v) is 14.1. The summed E-state index contributed by atoms with van der Waals surface area (Å²) in [6.07, 6.45) is 2.23. The third-order valence-corrected chi connectivity index (χ3v) is 4.53. The molecule has 0 bridgehead atoms. The number of nitrogens with one attached hydrogen (secondary N) is 1. The Morgan fingerprint density at radius 1 is 1.24 bits per heavy atom. The van der Waals surface area contributed by atoms with E-state index in [0.717, 1.165) is 36.5 Å². The summed E-state index contributed by atoms with van der Waals surface area (Å²) >= 11 is 0. The maximum absolute atomic E-state index is 12.6. The number of rotatable bonds is 4. The van der Waals surface area contributed by atoms with Gasteiger partial charge in [-0.25, -0.2) is 0 Å². The van der Waals surface area contributed by atoms with Crippen LogP contribution in [0.15, 0.2) is 34.9 Å². The van der Waals surface area contributed by atoms with E-state index in [0.29, 0.717) is 24.8 Å². The summed E-state index contributed by atoms with van der Waals surface area (Å²) in [6, 6.07) is 9.40. The fourth-order valence-corrected chi connectivity index (χ4v) is 3.06. The van der Waals surface area contributed by atoms with Crippen LogP contribution in [0.5, 0.6) is 0 Å². The van der Waals surface area contributed by atoms with E-state index in [1.165, 1.54) is 6.92 Å². The number of hydrogen-bond donors (Lipinski definition) is 1. The van der Waals surface area contributed by atoms with Crippen molar-refractivity contribution in [2.24, 2.45) is 0 Å². The van der Waals surface area contributed by atoms with Crippen LogP contribution in [0.4, 0.5) is 11.4 Å². The molecule has 2 fully saturated rings. The second-order valence-corrected chi connectivity index (χ2v) is 6.59. The first kappa shape index (κ1) is 15.7. The molecule has 2 amide bonds. The van der Waals surface area contributed by atoms with Gasteiger partial charge in [-0.15, -0.1) is 0 Å². The average molecular weight is 340 g/mol. The Morgan fingerprint density at radius 3 is 2.84 bits per heavy atom. The topological polar surface area (TPSA) is 78.7 Å². The quantitative estimate of drug-likeness (QED) is 0.925. The van der Waals surface area contributed by atoms with Gasteiger partial charge in [-0.05, 0) is 31.0 Å². The summed E-state index contributed by atoms with van der Waals surface area (Å²) in [4.78, 5) is 27.7. The standard InChI is InChI=1S/C18H20N4O3/c1-12(23)19-14-3-2-4-15(9-14)21-7-8-22(11-21)18(24)16-10-17(25-20-16)13-5-6-13/h2-4,9-10,13H,5-8,11H2,1H3,(H,19,23). The fourth-order valence-electron chi connectivity index (χ4n) is 3.06. The van der Waals surface area contributed by atoms with Crippen LogP contribution in [0.2, 0.25) is 0 Å². The molecule has 4 rings (SSSR count). The van der Waals surface area contributed by atoms with Crippen molar-refractivity contribution in [3.8, 4) is 0 Å². The lowest BCUT2D eigenvalue weighted by molar-refractivity contribution is -0.114. The van der Waals surface area contributed by atoms with Gasteiger partial charge in [-0.3, -0.25) is 9.59 Å². The molecule has 0 radical (unpaired) electrons. The lowest BCUT2D eigenvalue weighted by Gasteiger charge is -2.20. The molecule has 0 atom stereocenters. The van der Waals surface area contributed by atoms with Crippen molar-refractivity contribution in [1.29, 1.82) is 0 Å². The third-order valence-electron chi connectivity index (χ3n) is 4.53. The summed E-state index contributed by atoms with van der Waals surface area (Å²) in [5.74, 6) is 1.06. The van der Waals surface area contributed by atoms with Crippen LogP contribution in [-0.2, 0) is 4.79 Å². The Balaban J connectivity index is 1.43. The SMILES string of the molecule is CC(=O)Nc1cccc(N2CCN(C(=O)c3cc(C4CC4)on3)C2)c1. The van der Waals surface area contributed by atoms with E-state index in [1.54, 1.807) is 11.0 Å². The second-order valence-electron chi connectivity index (χ2n) is 6.59. The monoisotopic (exact) mass is 340 g/mol. The molecule has 7 nitrogen and oxygen atoms in total. The predicted molar refractivity (Wildman–Crippen MR) is 92.5 cm³/mol. The molecule has 130 valence electrons. The van der Waals surface area contributed by atoms with Crippen LogP contribution >= 0.6 is 0 Å². The van der Waals surface area contributed by atoms with Crippen molar-refractivity contribution in [3.63, 3.8) is 0 Å². The van der Waals surface area contributed by atoms with Gasteiger partial charge in [0.25, 0.3) is 5.91 Å². The highest BCUT2D eigenvalue weighted by atomic mass is 16.5. The summed E-state index contributed by atoms with van der Waals surface area (Å²) in [5.41, 5.74) is 2.11. The molecule has 1 aliphatic carbocycles. The van der Waals surface area contributed by atoms with Crippen molar-refractivity contribution in [2.75, 3.05) is 30.0 Å². The van der Waals surface area contributed by atoms with Gasteiger partial charge >= 0.3 is 0 Å². The summed E-state index contributed by atoms with van der Waals surface area (Å²) in [5, 5.41) is 6.71. The number of nitrogens with zero attached hydrogens (tertiary/aromatic N) is 3. The van der Waals surface area contributed by atoms with Crippen LogP contribution in [0.1, 0.15) is 41.9 Å². The Hall–Kier alpha value is -2.83. The number of carbonyl (C=O) groups is 2. The van der Waals surface area contributed by atoms with Crippen molar-refractivity contribution < 1.29 is 14.1 Å². The van der Waals surface area contributed by atoms with Gasteiger partial charge in [0.1, 0.15) is 5.76 Å². The zero-order valence-electron chi connectivity index (χ0n) is 14.1. The lowest BCUT2D eigenvalue weighted by Crippen LogP contribution is -2.31. The fraction of sp³-hybridized carbons (Fsp3) is 0.389. The van der Waals surface area contributed by atoms with Crippen LogP contribution in [-0.4, -0.2) is 41.6 Å². The minimum Gasteiger partial charge on any atom is -0.360 e. The van der Waals surface area contributed by atoms with E-state index >= 15 is 0 Å². The van der Waals surface area contributed by atoms with Crippen molar-refractivity contribution >= 4 is 23.2 Å². The molecule has 2 heterocycles. The normalized spacial score (nSPS) is 17.0. The largest absolute Gasteiger partial charge is 0.360 e. The molecule has 1 aromatic heterocycles. The molecular weight excluding hydrogens is 320 g/mol. The molecule has 0 spiro atoms. The highest BCUT2D eigenvalue weighted by Gasteiger charge is 2.31. The molecular formula is C18H20N4O3. The van der Waals surface area contributed by atoms with Crippen molar-refractivity contribution in [2.45, 2.75) is 25.7 Å². The van der Waals surface area contributed by atoms with Crippen molar-refractivity contribution in [3.05, 3.63) is 41.8 Å². The Labute approximate surface area is 145 Å². The van der Waals surface area contributed by atoms with Gasteiger partial charge in [0, 0.05) is 43.4 Å². The van der Waals surface area contributed by atoms with Gasteiger partial charge in [0.05, 0.1) is 6.67 Å². The maximum Gasteiger partial charge on any atom is 0.277 e. The number of carbonyl (C=O) groups excluding carboxylic acids is 2. The second kappa shape index (κ2) is 6.23. The molecule has 1 aliphatic heterocycles. The van der Waals surface area contributed by atoms with Crippen LogP contribution < -0.4 is 10.2 Å². The molecule has 25 heavy (non-hydrogen) atoms. The molecule has 1 N–H and O–H groups in total. The molecule has 1 aromatic carbocycles. The van der Waals surface area contributed by atoms with E-state index in [9.17, 15) is 9.59 Å². The van der Waals surface area contributed by atoms with Gasteiger partial charge in [-0.1, -0.05) is 11.2 Å². The highest BCUT2D eigenvalue weighted by molar-refractivity contribution is 5.93. The van der Waals surface area contributed by atoms with Crippen LogP contribution in [0.25, 0.3) is 0 Å². The average Bonchev–Trinajstić information content (AvgIpc) is 3.12. The van der Waals surface area contributed by atoms with Gasteiger partial charge in [0.2, 0.25) is 5.91 Å². The number of benzene rings is 1. The van der Waals surface area contributed by atoms with E-state index < -0.39 is 0 Å². The molecule has 1 saturated carbocycles. The summed E-state index contributed by atoms with van der Waals surface area (Å²) < 4.78 is 5.28. The summed E-state index contributed by atoms with van der Waals surface area (Å²) in [7, 11) is 0. The first-order valence-corrected chi connectivity index (χ1v) is 8.48. The summed E-state index contributed by atoms with van der Waals surface area (Å²) in [6.45, 7) is 3.35. The van der Waals surface area contributed by atoms with Crippen molar-refractivity contribution in [1.82, 2.24) is 10.1 Å². The number of anilines is 2. The molecule has 2 aliphatic rings. The predicted octanol–water partition coefficient (Wildman–Crippen LogP) is 2.43. The van der Waals surface area contributed by atoms with Gasteiger partial charge in [-0.2, -0.15) is 0 Å². The number of amides is 2. The third kappa shape index (κ3) is 3.35. The lowest BCUT2D eigenvalue weighted by atomic mass is 10.2. The Kier molecular flexibility index (Phi) is 3.91. The van der Waals surface area contributed by atoms with Gasteiger partial charge in [0.15, 0.2) is 5.69 Å². The van der Waals surface area contributed by atoms with Gasteiger partial charge < -0.3 is 19.6 Å². The Morgan fingerprint density at radius 2 is 2.08 bits per heavy atom. The van der Waals surface area contributed by atoms with E-state index in [-0.39, 0.29) is 11.8 Å². The van der Waals surface area contributed by atoms with E-state index in [1.807, 2.05) is 24.3 Å². The van der Waals surface area contributed by atoms with E-state index in [4.69, 9.17) is 4.52 Å².